The second-order valence-electron chi connectivity index (χ2n) is 5.52. The average molecular weight is 319 g/mol. The van der Waals surface area contributed by atoms with Gasteiger partial charge in [0, 0.05) is 18.1 Å². The predicted octanol–water partition coefficient (Wildman–Crippen LogP) is 1.18. The average Bonchev–Trinajstić information content (AvgIpc) is 2.96. The monoisotopic (exact) mass is 319 g/mol. The lowest BCUT2D eigenvalue weighted by molar-refractivity contribution is -0.121. The van der Waals surface area contributed by atoms with Crippen molar-refractivity contribution < 1.29 is 13.2 Å². The number of aryl methyl sites for hydroxylation is 1. The van der Waals surface area contributed by atoms with Crippen LogP contribution in [0.3, 0.4) is 0 Å². The molecule has 2 N–H and O–H groups in total. The Hall–Kier alpha value is -1.99. The van der Waals surface area contributed by atoms with Crippen LogP contribution in [0.1, 0.15) is 18.4 Å². The maximum atomic E-state index is 12.9. The van der Waals surface area contributed by atoms with E-state index in [0.717, 1.165) is 10.9 Å². The minimum atomic E-state index is -3.80. The van der Waals surface area contributed by atoms with Crippen molar-refractivity contribution in [3.63, 3.8) is 0 Å². The molecule has 3 rings (SSSR count). The summed E-state index contributed by atoms with van der Waals surface area (Å²) in [4.78, 5) is 15.9. The van der Waals surface area contributed by atoms with E-state index >= 15 is 0 Å². The van der Waals surface area contributed by atoms with Gasteiger partial charge in [-0.05, 0) is 37.5 Å². The van der Waals surface area contributed by atoms with Crippen molar-refractivity contribution in [2.24, 2.45) is 5.73 Å². The third kappa shape index (κ3) is 2.36. The number of hydrogen-bond donors (Lipinski definition) is 1. The van der Waals surface area contributed by atoms with Crippen molar-refractivity contribution in [1.82, 2.24) is 9.29 Å². The number of amides is 1. The largest absolute Gasteiger partial charge is 0.368 e. The first-order valence-corrected chi connectivity index (χ1v) is 8.52. The first-order chi connectivity index (χ1) is 10.4. The van der Waals surface area contributed by atoms with Gasteiger partial charge in [-0.15, -0.1) is 0 Å². The van der Waals surface area contributed by atoms with Gasteiger partial charge in [-0.1, -0.05) is 12.1 Å². The van der Waals surface area contributed by atoms with E-state index < -0.39 is 22.0 Å². The molecule has 2 aromatic rings. The van der Waals surface area contributed by atoms with E-state index in [1.807, 2.05) is 19.1 Å². The summed E-state index contributed by atoms with van der Waals surface area (Å²) in [6.45, 7) is 2.20. The second kappa shape index (κ2) is 5.33. The molecule has 0 radical (unpaired) electrons. The highest BCUT2D eigenvalue weighted by Crippen LogP contribution is 2.29. The summed E-state index contributed by atoms with van der Waals surface area (Å²) < 4.78 is 27.1. The zero-order chi connectivity index (χ0) is 15.9. The van der Waals surface area contributed by atoms with Crippen LogP contribution in [0.2, 0.25) is 0 Å². The maximum Gasteiger partial charge on any atom is 0.245 e. The molecule has 1 aromatic heterocycles. The number of benzene rings is 1. The molecule has 116 valence electrons. The Balaban J connectivity index is 2.15. The Morgan fingerprint density at radius 1 is 1.41 bits per heavy atom. The van der Waals surface area contributed by atoms with Gasteiger partial charge in [-0.3, -0.25) is 9.78 Å². The molecule has 1 aliphatic rings. The molecule has 0 unspecified atom stereocenters. The first-order valence-electron chi connectivity index (χ1n) is 7.08. The number of aromatic nitrogens is 1. The number of sulfonamides is 1. The molecule has 1 aromatic carbocycles. The van der Waals surface area contributed by atoms with Gasteiger partial charge in [0.25, 0.3) is 0 Å². The van der Waals surface area contributed by atoms with Crippen molar-refractivity contribution in [1.29, 1.82) is 0 Å². The fourth-order valence-corrected chi connectivity index (χ4v) is 4.72. The van der Waals surface area contributed by atoms with Crippen LogP contribution in [0.15, 0.2) is 35.4 Å². The molecule has 1 fully saturated rings. The van der Waals surface area contributed by atoms with Crippen LogP contribution in [0.5, 0.6) is 0 Å². The van der Waals surface area contributed by atoms with E-state index in [0.29, 0.717) is 24.9 Å². The summed E-state index contributed by atoms with van der Waals surface area (Å²) in [6, 6.07) is 6.15. The zero-order valence-corrected chi connectivity index (χ0v) is 13.0. The van der Waals surface area contributed by atoms with Crippen molar-refractivity contribution in [3.8, 4) is 0 Å². The third-order valence-corrected chi connectivity index (χ3v) is 5.87. The Morgan fingerprint density at radius 3 is 2.91 bits per heavy atom. The number of hydrogen-bond acceptors (Lipinski definition) is 4. The lowest BCUT2D eigenvalue weighted by Gasteiger charge is -2.22. The molecule has 1 atom stereocenters. The lowest BCUT2D eigenvalue weighted by atomic mass is 10.2. The molecule has 1 amide bonds. The topological polar surface area (TPSA) is 93.4 Å². The van der Waals surface area contributed by atoms with E-state index in [9.17, 15) is 13.2 Å². The summed E-state index contributed by atoms with van der Waals surface area (Å²) in [6.07, 6.45) is 2.73. The summed E-state index contributed by atoms with van der Waals surface area (Å²) in [5.74, 6) is -0.606. The molecule has 0 spiro atoms. The van der Waals surface area contributed by atoms with Crippen molar-refractivity contribution >= 4 is 26.8 Å². The number of nitrogens with zero attached hydrogens (tertiary/aromatic N) is 2. The number of primary amides is 1. The fourth-order valence-electron chi connectivity index (χ4n) is 2.89. The second-order valence-corrected chi connectivity index (χ2v) is 7.38. The zero-order valence-electron chi connectivity index (χ0n) is 12.2. The molecular weight excluding hydrogens is 302 g/mol. The van der Waals surface area contributed by atoms with Crippen LogP contribution in [-0.2, 0) is 14.8 Å². The van der Waals surface area contributed by atoms with E-state index in [2.05, 4.69) is 4.98 Å². The number of nitrogens with two attached hydrogens (primary N) is 1. The molecule has 7 heteroatoms. The lowest BCUT2D eigenvalue weighted by Crippen LogP contribution is -2.43. The van der Waals surface area contributed by atoms with E-state index in [4.69, 9.17) is 5.73 Å². The SMILES string of the molecule is Cc1cnc2c(S(=O)(=O)N3CCC[C@H]3C(N)=O)cccc2c1. The molecule has 22 heavy (non-hydrogen) atoms. The van der Waals surface area contributed by atoms with Gasteiger partial charge in [0.05, 0.1) is 5.52 Å². The van der Waals surface area contributed by atoms with Crippen LogP contribution < -0.4 is 5.73 Å². The summed E-state index contributed by atoms with van der Waals surface area (Å²) >= 11 is 0. The summed E-state index contributed by atoms with van der Waals surface area (Å²) in [5, 5.41) is 0.760. The number of fused-ring (bicyclic) bond motifs is 1. The van der Waals surface area contributed by atoms with Gasteiger partial charge in [0.1, 0.15) is 10.9 Å². The molecule has 2 heterocycles. The van der Waals surface area contributed by atoms with Gasteiger partial charge >= 0.3 is 0 Å². The van der Waals surface area contributed by atoms with Crippen LogP contribution in [0, 0.1) is 6.92 Å². The normalized spacial score (nSPS) is 19.6. The minimum absolute atomic E-state index is 0.123. The molecule has 0 saturated carbocycles. The van der Waals surface area contributed by atoms with Gasteiger partial charge < -0.3 is 5.73 Å². The number of para-hydroxylation sites is 1. The smallest absolute Gasteiger partial charge is 0.245 e. The fraction of sp³-hybridized carbons (Fsp3) is 0.333. The van der Waals surface area contributed by atoms with Crippen LogP contribution in [0.25, 0.3) is 10.9 Å². The van der Waals surface area contributed by atoms with Gasteiger partial charge in [-0.25, -0.2) is 8.42 Å². The molecule has 1 aliphatic heterocycles. The minimum Gasteiger partial charge on any atom is -0.368 e. The van der Waals surface area contributed by atoms with Gasteiger partial charge in [-0.2, -0.15) is 4.31 Å². The Labute approximate surface area is 129 Å². The van der Waals surface area contributed by atoms with E-state index in [1.165, 1.54) is 10.4 Å². The van der Waals surface area contributed by atoms with Crippen molar-refractivity contribution in [2.75, 3.05) is 6.54 Å². The maximum absolute atomic E-state index is 12.9. The summed E-state index contributed by atoms with van der Waals surface area (Å²) in [5.41, 5.74) is 6.71. The highest BCUT2D eigenvalue weighted by atomic mass is 32.2. The Morgan fingerprint density at radius 2 is 2.18 bits per heavy atom. The van der Waals surface area contributed by atoms with Gasteiger partial charge in [0.2, 0.25) is 15.9 Å². The highest BCUT2D eigenvalue weighted by molar-refractivity contribution is 7.89. The van der Waals surface area contributed by atoms with E-state index in [-0.39, 0.29) is 4.90 Å². The van der Waals surface area contributed by atoms with Crippen LogP contribution in [0.4, 0.5) is 0 Å². The van der Waals surface area contributed by atoms with Crippen molar-refractivity contribution in [2.45, 2.75) is 30.7 Å². The quantitative estimate of drug-likeness (QED) is 0.919. The molecular formula is C15H17N3O3S. The summed E-state index contributed by atoms with van der Waals surface area (Å²) in [7, 11) is -3.80. The third-order valence-electron chi connectivity index (χ3n) is 3.93. The number of pyridine rings is 1. The molecule has 0 aliphatic carbocycles. The standard InChI is InChI=1S/C15H17N3O3S/c1-10-8-11-4-2-6-13(14(11)17-9-10)22(20,21)18-7-3-5-12(18)15(16)19/h2,4,6,8-9,12H,3,5,7H2,1H3,(H2,16,19)/t12-/m0/s1. The predicted molar refractivity (Wildman–Crippen MR) is 82.6 cm³/mol. The number of carbonyl (C=O) groups excluding carboxylic acids is 1. The highest BCUT2D eigenvalue weighted by Gasteiger charge is 2.39. The Kier molecular flexibility index (Phi) is 3.62. The molecule has 0 bridgehead atoms. The van der Waals surface area contributed by atoms with Crippen LogP contribution >= 0.6 is 0 Å². The molecule has 1 saturated heterocycles. The number of carbonyl (C=O) groups is 1. The van der Waals surface area contributed by atoms with E-state index in [1.54, 1.807) is 12.3 Å². The Bertz CT molecular complexity index is 848. The van der Waals surface area contributed by atoms with Crippen LogP contribution in [-0.4, -0.2) is 36.2 Å². The molecule has 6 nitrogen and oxygen atoms in total. The van der Waals surface area contributed by atoms with Crippen molar-refractivity contribution in [3.05, 3.63) is 36.0 Å². The number of rotatable bonds is 3. The van der Waals surface area contributed by atoms with Gasteiger partial charge in [0.15, 0.2) is 0 Å². The first kappa shape index (κ1) is 14.9.